The number of hydrogen-bond acceptors (Lipinski definition) is 3. The maximum atomic E-state index is 11.7. The number of aromatic nitrogens is 3. The lowest BCUT2D eigenvalue weighted by molar-refractivity contribution is -0.127. The molecule has 0 N–H and O–H groups in total. The molecule has 1 aliphatic rings. The van der Waals surface area contributed by atoms with E-state index in [0.29, 0.717) is 41.7 Å². The Morgan fingerprint density at radius 2 is 2.00 bits per heavy atom. The number of likely N-dealkylation sites (tertiary alicyclic amines) is 1. The predicted octanol–water partition coefficient (Wildman–Crippen LogP) is 3.36. The molecule has 0 unspecified atom stereocenters. The number of hydrogen-bond donors (Lipinski definition) is 0. The molecule has 1 aromatic carbocycles. The van der Waals surface area contributed by atoms with Crippen molar-refractivity contribution in [3.05, 3.63) is 45.5 Å². The molecule has 1 aliphatic heterocycles. The minimum absolute atomic E-state index is 0.237. The van der Waals surface area contributed by atoms with Crippen LogP contribution < -0.4 is 0 Å². The van der Waals surface area contributed by atoms with Crippen molar-refractivity contribution in [1.82, 2.24) is 19.7 Å². The van der Waals surface area contributed by atoms with E-state index in [-0.39, 0.29) is 5.91 Å². The second kappa shape index (κ2) is 7.53. The minimum Gasteiger partial charge on any atom is -0.342 e. The van der Waals surface area contributed by atoms with Gasteiger partial charge < -0.3 is 4.90 Å². The maximum absolute atomic E-state index is 11.7. The Bertz CT molecular complexity index is 724. The van der Waals surface area contributed by atoms with Gasteiger partial charge in [-0.3, -0.25) is 9.48 Å². The molecule has 2 heterocycles. The van der Waals surface area contributed by atoms with Gasteiger partial charge >= 0.3 is 0 Å². The van der Waals surface area contributed by atoms with Gasteiger partial charge in [-0.25, -0.2) is 4.98 Å². The first kappa shape index (κ1) is 17.2. The number of halogens is 2. The van der Waals surface area contributed by atoms with Crippen LogP contribution in [0, 0.1) is 0 Å². The number of nitrogens with zero attached hydrogens (tertiary/aromatic N) is 4. The van der Waals surface area contributed by atoms with Crippen LogP contribution in [0.1, 0.15) is 37.0 Å². The molecule has 1 saturated heterocycles. The van der Waals surface area contributed by atoms with Crippen LogP contribution >= 0.6 is 23.2 Å². The third kappa shape index (κ3) is 3.73. The summed E-state index contributed by atoms with van der Waals surface area (Å²) in [5, 5.41) is 5.80. The number of amides is 1. The smallest absolute Gasteiger partial charge is 0.222 e. The van der Waals surface area contributed by atoms with Gasteiger partial charge in [0, 0.05) is 48.9 Å². The summed E-state index contributed by atoms with van der Waals surface area (Å²) >= 11 is 12.5. The van der Waals surface area contributed by atoms with Crippen LogP contribution in [0.25, 0.3) is 0 Å². The fraction of sp³-hybridized carbons (Fsp3) is 0.471. The molecule has 0 bridgehead atoms. The molecular weight excluding hydrogens is 347 g/mol. The third-order valence-corrected chi connectivity index (χ3v) is 4.97. The van der Waals surface area contributed by atoms with Gasteiger partial charge in [0.2, 0.25) is 5.91 Å². The Morgan fingerprint density at radius 3 is 2.62 bits per heavy atom. The Kier molecular flexibility index (Phi) is 5.41. The van der Waals surface area contributed by atoms with Gasteiger partial charge in [-0.15, -0.1) is 0 Å². The highest BCUT2D eigenvalue weighted by Gasteiger charge is 2.21. The molecule has 24 heavy (non-hydrogen) atoms. The van der Waals surface area contributed by atoms with Crippen molar-refractivity contribution in [3.63, 3.8) is 0 Å². The molecule has 7 heteroatoms. The monoisotopic (exact) mass is 366 g/mol. The van der Waals surface area contributed by atoms with E-state index in [1.807, 2.05) is 34.7 Å². The number of aryl methyl sites for hydroxylation is 1. The van der Waals surface area contributed by atoms with Crippen LogP contribution in [-0.2, 0) is 24.2 Å². The number of carbonyl (C=O) groups excluding carboxylic acids is 1. The van der Waals surface area contributed by atoms with E-state index in [9.17, 15) is 4.79 Å². The molecule has 5 nitrogen and oxygen atoms in total. The van der Waals surface area contributed by atoms with Gasteiger partial charge in [-0.05, 0) is 31.0 Å². The maximum Gasteiger partial charge on any atom is 0.222 e. The van der Waals surface area contributed by atoms with Gasteiger partial charge in [-0.2, -0.15) is 5.10 Å². The van der Waals surface area contributed by atoms with Crippen molar-refractivity contribution in [3.8, 4) is 0 Å². The summed E-state index contributed by atoms with van der Waals surface area (Å²) in [5.41, 5.74) is 0.843. The Labute approximate surface area is 151 Å². The van der Waals surface area contributed by atoms with Gasteiger partial charge in [0.15, 0.2) is 5.82 Å². The van der Waals surface area contributed by atoms with E-state index >= 15 is 0 Å². The molecule has 3 rings (SSSR count). The van der Waals surface area contributed by atoms with Gasteiger partial charge in [0.05, 0.1) is 0 Å². The predicted molar refractivity (Wildman–Crippen MR) is 94.5 cm³/mol. The first-order valence-electron chi connectivity index (χ1n) is 8.21. The van der Waals surface area contributed by atoms with Crippen molar-refractivity contribution >= 4 is 29.1 Å². The highest BCUT2D eigenvalue weighted by Crippen LogP contribution is 2.26. The summed E-state index contributed by atoms with van der Waals surface area (Å²) in [6.45, 7) is 4.32. The van der Waals surface area contributed by atoms with E-state index in [1.54, 1.807) is 0 Å². The van der Waals surface area contributed by atoms with Crippen LogP contribution in [0.15, 0.2) is 18.2 Å². The summed E-state index contributed by atoms with van der Waals surface area (Å²) < 4.78 is 1.89. The lowest BCUT2D eigenvalue weighted by Crippen LogP contribution is -2.27. The highest BCUT2D eigenvalue weighted by atomic mass is 35.5. The van der Waals surface area contributed by atoms with E-state index in [1.165, 1.54) is 0 Å². The summed E-state index contributed by atoms with van der Waals surface area (Å²) in [6, 6.07) is 5.46. The molecule has 0 spiro atoms. The topological polar surface area (TPSA) is 51.0 Å². The van der Waals surface area contributed by atoms with E-state index < -0.39 is 0 Å². The zero-order chi connectivity index (χ0) is 17.1. The molecule has 1 fully saturated rings. The first-order valence-corrected chi connectivity index (χ1v) is 8.97. The number of benzene rings is 1. The summed E-state index contributed by atoms with van der Waals surface area (Å²) in [5.74, 6) is 1.84. The third-order valence-electron chi connectivity index (χ3n) is 4.27. The van der Waals surface area contributed by atoms with E-state index in [2.05, 4.69) is 10.1 Å². The van der Waals surface area contributed by atoms with Crippen molar-refractivity contribution in [2.45, 2.75) is 39.2 Å². The zero-order valence-electron chi connectivity index (χ0n) is 13.6. The summed E-state index contributed by atoms with van der Waals surface area (Å²) in [7, 11) is 0. The minimum atomic E-state index is 0.237. The van der Waals surface area contributed by atoms with Crippen molar-refractivity contribution in [2.24, 2.45) is 0 Å². The SMILES string of the molecule is CCn1nc(Cc2c(Cl)cccc2Cl)nc1CCN1CCCC1=O. The summed E-state index contributed by atoms with van der Waals surface area (Å²) in [4.78, 5) is 18.3. The molecule has 1 amide bonds. The molecule has 0 radical (unpaired) electrons. The highest BCUT2D eigenvalue weighted by molar-refractivity contribution is 6.36. The molecule has 0 atom stereocenters. The van der Waals surface area contributed by atoms with E-state index in [0.717, 1.165) is 30.9 Å². The Hall–Kier alpha value is -1.59. The lowest BCUT2D eigenvalue weighted by atomic mass is 10.1. The molecular formula is C17H20Cl2N4O. The second-order valence-corrected chi connectivity index (χ2v) is 6.69. The fourth-order valence-electron chi connectivity index (χ4n) is 2.97. The average Bonchev–Trinajstić information content (AvgIpc) is 3.14. The average molecular weight is 367 g/mol. The second-order valence-electron chi connectivity index (χ2n) is 5.87. The largest absolute Gasteiger partial charge is 0.342 e. The molecule has 0 aliphatic carbocycles. The Morgan fingerprint density at radius 1 is 1.25 bits per heavy atom. The van der Waals surface area contributed by atoms with Gasteiger partial charge in [-0.1, -0.05) is 29.3 Å². The van der Waals surface area contributed by atoms with Crippen molar-refractivity contribution in [2.75, 3.05) is 13.1 Å². The Balaban J connectivity index is 1.74. The van der Waals surface area contributed by atoms with E-state index in [4.69, 9.17) is 23.2 Å². The number of carbonyl (C=O) groups is 1. The standard InChI is InChI=1S/C17H20Cl2N4O/c1-2-23-16(8-10-22-9-4-7-17(22)24)20-15(21-23)11-12-13(18)5-3-6-14(12)19/h3,5-6H,2,4,7-11H2,1H3. The molecule has 1 aromatic heterocycles. The van der Waals surface area contributed by atoms with Crippen LogP contribution in [0.2, 0.25) is 10.0 Å². The molecule has 2 aromatic rings. The van der Waals surface area contributed by atoms with Crippen LogP contribution in [0.5, 0.6) is 0 Å². The van der Waals surface area contributed by atoms with Crippen molar-refractivity contribution in [1.29, 1.82) is 0 Å². The van der Waals surface area contributed by atoms with Crippen molar-refractivity contribution < 1.29 is 4.79 Å². The zero-order valence-corrected chi connectivity index (χ0v) is 15.1. The quantitative estimate of drug-likeness (QED) is 0.787. The van der Waals surface area contributed by atoms with Gasteiger partial charge in [0.25, 0.3) is 0 Å². The first-order chi connectivity index (χ1) is 11.6. The van der Waals surface area contributed by atoms with Crippen LogP contribution in [-0.4, -0.2) is 38.7 Å². The van der Waals surface area contributed by atoms with Gasteiger partial charge in [0.1, 0.15) is 5.82 Å². The molecule has 128 valence electrons. The summed E-state index contributed by atoms with van der Waals surface area (Å²) in [6.07, 6.45) is 2.83. The lowest BCUT2D eigenvalue weighted by Gasteiger charge is -2.14. The number of rotatable bonds is 6. The fourth-order valence-corrected chi connectivity index (χ4v) is 3.50. The normalized spacial score (nSPS) is 14.6. The molecule has 0 saturated carbocycles. The van der Waals surface area contributed by atoms with Crippen LogP contribution in [0.4, 0.5) is 0 Å². The van der Waals surface area contributed by atoms with Crippen LogP contribution in [0.3, 0.4) is 0 Å².